The number of aliphatic hydroxyl groups excluding tert-OH is 1. The van der Waals surface area contributed by atoms with Gasteiger partial charge in [-0.1, -0.05) is 0 Å². The quantitative estimate of drug-likeness (QED) is 0.561. The maximum absolute atomic E-state index is 11.0. The van der Waals surface area contributed by atoms with E-state index in [1.165, 1.54) is 4.90 Å². The Kier molecular flexibility index (Phi) is 1.80. The van der Waals surface area contributed by atoms with Gasteiger partial charge in [0.25, 0.3) is 0 Å². The summed E-state index contributed by atoms with van der Waals surface area (Å²) < 4.78 is 4.64. The van der Waals surface area contributed by atoms with Gasteiger partial charge in [-0.05, 0) is 20.8 Å². The van der Waals surface area contributed by atoms with E-state index in [9.17, 15) is 9.90 Å². The largest absolute Gasteiger partial charge is 0.445 e. The molecule has 1 fully saturated rings. The molecule has 4 heteroatoms. The van der Waals surface area contributed by atoms with Crippen molar-refractivity contribution in [3.63, 3.8) is 0 Å². The number of amides is 1. The standard InChI is InChI=1S/C7H13NO3/c1-7(2,3)8-5(9)4-11-6(8)10/h5,9H,4H2,1-3H3. The Balaban J connectivity index is 2.77. The SMILES string of the molecule is CC(C)(C)N1C(=O)OCC1O. The van der Waals surface area contributed by atoms with Crippen LogP contribution in [0.25, 0.3) is 0 Å². The van der Waals surface area contributed by atoms with Crippen LogP contribution in [-0.2, 0) is 4.74 Å². The molecule has 1 atom stereocenters. The minimum absolute atomic E-state index is 0.0795. The lowest BCUT2D eigenvalue weighted by Gasteiger charge is -2.31. The van der Waals surface area contributed by atoms with E-state index < -0.39 is 12.3 Å². The first-order valence-electron chi connectivity index (χ1n) is 3.57. The molecule has 1 rings (SSSR count). The average molecular weight is 159 g/mol. The molecule has 4 nitrogen and oxygen atoms in total. The summed E-state index contributed by atoms with van der Waals surface area (Å²) in [6.07, 6.45) is -1.23. The van der Waals surface area contributed by atoms with Crippen molar-refractivity contribution in [3.05, 3.63) is 0 Å². The Morgan fingerprint density at radius 1 is 1.64 bits per heavy atom. The molecule has 0 aromatic carbocycles. The average Bonchev–Trinajstić information content (AvgIpc) is 2.08. The highest BCUT2D eigenvalue weighted by atomic mass is 16.6. The Labute approximate surface area is 65.8 Å². The summed E-state index contributed by atoms with van der Waals surface area (Å²) in [5.74, 6) is 0. The molecule has 0 spiro atoms. The number of hydrogen-bond acceptors (Lipinski definition) is 3. The highest BCUT2D eigenvalue weighted by Crippen LogP contribution is 2.21. The van der Waals surface area contributed by atoms with Gasteiger partial charge in [-0.25, -0.2) is 4.79 Å². The number of rotatable bonds is 0. The highest BCUT2D eigenvalue weighted by Gasteiger charge is 2.38. The second-order valence-corrected chi connectivity index (χ2v) is 3.60. The predicted octanol–water partition coefficient (Wildman–Crippen LogP) is 0.556. The smallest absolute Gasteiger partial charge is 0.412 e. The summed E-state index contributed by atoms with van der Waals surface area (Å²) in [6.45, 7) is 5.63. The van der Waals surface area contributed by atoms with Crippen LogP contribution < -0.4 is 0 Å². The van der Waals surface area contributed by atoms with Crippen molar-refractivity contribution in [2.45, 2.75) is 32.5 Å². The first kappa shape index (κ1) is 8.33. The van der Waals surface area contributed by atoms with Crippen molar-refractivity contribution in [3.8, 4) is 0 Å². The third-order valence-electron chi connectivity index (χ3n) is 1.57. The molecule has 1 aliphatic rings. The zero-order chi connectivity index (χ0) is 8.65. The van der Waals surface area contributed by atoms with Crippen LogP contribution in [0.5, 0.6) is 0 Å². The summed E-state index contributed by atoms with van der Waals surface area (Å²) >= 11 is 0. The van der Waals surface area contributed by atoms with Gasteiger partial charge in [0, 0.05) is 5.54 Å². The summed E-state index contributed by atoms with van der Waals surface area (Å²) in [4.78, 5) is 12.3. The Morgan fingerprint density at radius 3 is 2.36 bits per heavy atom. The molecule has 1 unspecified atom stereocenters. The van der Waals surface area contributed by atoms with Crippen LogP contribution in [0.1, 0.15) is 20.8 Å². The van der Waals surface area contributed by atoms with Gasteiger partial charge in [0.05, 0.1) is 0 Å². The lowest BCUT2D eigenvalue weighted by Crippen LogP contribution is -2.47. The second-order valence-electron chi connectivity index (χ2n) is 3.60. The topological polar surface area (TPSA) is 49.8 Å². The van der Waals surface area contributed by atoms with Gasteiger partial charge in [-0.2, -0.15) is 0 Å². The Bertz CT molecular complexity index is 173. The van der Waals surface area contributed by atoms with Crippen LogP contribution in [-0.4, -0.2) is 34.5 Å². The fraction of sp³-hybridized carbons (Fsp3) is 0.857. The van der Waals surface area contributed by atoms with Gasteiger partial charge in [-0.15, -0.1) is 0 Å². The molecule has 0 aliphatic carbocycles. The molecule has 0 saturated carbocycles. The third kappa shape index (κ3) is 1.45. The van der Waals surface area contributed by atoms with E-state index in [2.05, 4.69) is 4.74 Å². The van der Waals surface area contributed by atoms with E-state index in [0.717, 1.165) is 0 Å². The van der Waals surface area contributed by atoms with Crippen molar-refractivity contribution in [2.24, 2.45) is 0 Å². The molecule has 1 heterocycles. The highest BCUT2D eigenvalue weighted by molar-refractivity contribution is 5.70. The van der Waals surface area contributed by atoms with Crippen LogP contribution in [0.4, 0.5) is 4.79 Å². The Hall–Kier alpha value is -0.770. The molecule has 1 saturated heterocycles. The fourth-order valence-electron chi connectivity index (χ4n) is 1.13. The zero-order valence-electron chi connectivity index (χ0n) is 7.00. The molecule has 11 heavy (non-hydrogen) atoms. The minimum atomic E-state index is -0.789. The maximum atomic E-state index is 11.0. The van der Waals surface area contributed by atoms with Crippen LogP contribution >= 0.6 is 0 Å². The molecule has 0 bridgehead atoms. The van der Waals surface area contributed by atoms with Crippen LogP contribution in [0.2, 0.25) is 0 Å². The van der Waals surface area contributed by atoms with E-state index in [1.807, 2.05) is 20.8 Å². The summed E-state index contributed by atoms with van der Waals surface area (Å²) in [5.41, 5.74) is -0.368. The minimum Gasteiger partial charge on any atom is -0.445 e. The molecular formula is C7H13NO3. The molecular weight excluding hydrogens is 146 g/mol. The van der Waals surface area contributed by atoms with E-state index in [1.54, 1.807) is 0 Å². The normalized spacial score (nSPS) is 25.6. The van der Waals surface area contributed by atoms with Crippen molar-refractivity contribution in [1.29, 1.82) is 0 Å². The van der Waals surface area contributed by atoms with Gasteiger partial charge in [0.1, 0.15) is 6.61 Å². The molecule has 0 radical (unpaired) electrons. The molecule has 0 aromatic rings. The van der Waals surface area contributed by atoms with Crippen LogP contribution in [0.3, 0.4) is 0 Å². The predicted molar refractivity (Wildman–Crippen MR) is 38.9 cm³/mol. The monoisotopic (exact) mass is 159 g/mol. The lowest BCUT2D eigenvalue weighted by molar-refractivity contribution is 0.0123. The number of hydrogen-bond donors (Lipinski definition) is 1. The summed E-state index contributed by atoms with van der Waals surface area (Å²) in [7, 11) is 0. The molecule has 1 amide bonds. The van der Waals surface area contributed by atoms with Crippen LogP contribution in [0.15, 0.2) is 0 Å². The van der Waals surface area contributed by atoms with Gasteiger partial charge < -0.3 is 9.84 Å². The molecule has 1 aliphatic heterocycles. The Morgan fingerprint density at radius 2 is 2.18 bits per heavy atom. The van der Waals surface area contributed by atoms with E-state index in [0.29, 0.717) is 0 Å². The molecule has 1 N–H and O–H groups in total. The second kappa shape index (κ2) is 2.37. The number of carbonyl (C=O) groups is 1. The van der Waals surface area contributed by atoms with Crippen molar-refractivity contribution in [1.82, 2.24) is 4.90 Å². The van der Waals surface area contributed by atoms with E-state index >= 15 is 0 Å². The third-order valence-corrected chi connectivity index (χ3v) is 1.57. The lowest BCUT2D eigenvalue weighted by atomic mass is 10.1. The number of aliphatic hydroxyl groups is 1. The number of nitrogens with zero attached hydrogens (tertiary/aromatic N) is 1. The number of carbonyl (C=O) groups excluding carboxylic acids is 1. The first-order chi connectivity index (χ1) is 4.93. The van der Waals surface area contributed by atoms with Crippen LogP contribution in [0, 0.1) is 0 Å². The van der Waals surface area contributed by atoms with Gasteiger partial charge in [0.15, 0.2) is 6.23 Å². The van der Waals surface area contributed by atoms with Gasteiger partial charge in [-0.3, -0.25) is 4.90 Å². The fourth-order valence-corrected chi connectivity index (χ4v) is 1.13. The van der Waals surface area contributed by atoms with Crippen molar-refractivity contribution in [2.75, 3.05) is 6.61 Å². The van der Waals surface area contributed by atoms with Gasteiger partial charge >= 0.3 is 6.09 Å². The maximum Gasteiger partial charge on any atom is 0.412 e. The van der Waals surface area contributed by atoms with Crippen molar-refractivity contribution >= 4 is 6.09 Å². The number of ether oxygens (including phenoxy) is 1. The van der Waals surface area contributed by atoms with E-state index in [4.69, 9.17) is 0 Å². The van der Waals surface area contributed by atoms with E-state index in [-0.39, 0.29) is 12.1 Å². The first-order valence-corrected chi connectivity index (χ1v) is 3.57. The molecule has 64 valence electrons. The summed E-state index contributed by atoms with van der Waals surface area (Å²) in [5, 5.41) is 9.28. The summed E-state index contributed by atoms with van der Waals surface area (Å²) in [6, 6.07) is 0. The molecule has 0 aromatic heterocycles. The number of cyclic esters (lactones) is 1. The zero-order valence-corrected chi connectivity index (χ0v) is 7.00. The van der Waals surface area contributed by atoms with Gasteiger partial charge in [0.2, 0.25) is 0 Å². The van der Waals surface area contributed by atoms with Crippen molar-refractivity contribution < 1.29 is 14.6 Å².